The van der Waals surface area contributed by atoms with Gasteiger partial charge >= 0.3 is 11.1 Å². The van der Waals surface area contributed by atoms with Crippen molar-refractivity contribution in [1.29, 1.82) is 0 Å². The molecule has 0 saturated heterocycles. The second-order valence-corrected chi connectivity index (χ2v) is 6.40. The van der Waals surface area contributed by atoms with E-state index in [2.05, 4.69) is 15.6 Å². The third-order valence-corrected chi connectivity index (χ3v) is 4.61. The molecular weight excluding hydrogens is 366 g/mol. The smallest absolute Gasteiger partial charge is 0.317 e. The van der Waals surface area contributed by atoms with Crippen LogP contribution in [0.5, 0.6) is 0 Å². The minimum Gasteiger partial charge on any atom is -0.376 e. The number of anilines is 2. The largest absolute Gasteiger partial charge is 0.376 e. The number of hydrogen-bond donors (Lipinski definition) is 3. The molecule has 1 aliphatic rings. The molecule has 3 N–H and O–H groups in total. The molecular formula is C18H15N5O5. The molecule has 1 aromatic heterocycles. The Hall–Kier alpha value is -3.95. The van der Waals surface area contributed by atoms with E-state index in [1.54, 1.807) is 24.3 Å². The summed E-state index contributed by atoms with van der Waals surface area (Å²) in [6.45, 7) is 0.0958. The van der Waals surface area contributed by atoms with E-state index in [4.69, 9.17) is 0 Å². The van der Waals surface area contributed by atoms with Gasteiger partial charge in [0.05, 0.1) is 22.0 Å². The van der Waals surface area contributed by atoms with E-state index >= 15 is 0 Å². The summed E-state index contributed by atoms with van der Waals surface area (Å²) in [5.74, 6) is -0.341. The Labute approximate surface area is 157 Å². The molecule has 0 aliphatic carbocycles. The van der Waals surface area contributed by atoms with Gasteiger partial charge in [-0.3, -0.25) is 29.1 Å². The van der Waals surface area contributed by atoms with Crippen LogP contribution in [0.3, 0.4) is 0 Å². The summed E-state index contributed by atoms with van der Waals surface area (Å²) >= 11 is 0. The number of nitro benzene ring substituents is 1. The normalized spacial score (nSPS) is 15.1. The van der Waals surface area contributed by atoms with Crippen molar-refractivity contribution < 1.29 is 9.72 Å². The number of rotatable bonds is 4. The molecule has 0 radical (unpaired) electrons. The van der Waals surface area contributed by atoms with Gasteiger partial charge in [-0.15, -0.1) is 0 Å². The SMILES string of the molecule is O=C(CC1CNc2c([N+](=O)[O-])ccc3[nH]c(=O)c(=O)n1c23)Nc1ccccc1. The van der Waals surface area contributed by atoms with Gasteiger partial charge in [-0.25, -0.2) is 0 Å². The van der Waals surface area contributed by atoms with Gasteiger partial charge in [0.15, 0.2) is 0 Å². The highest BCUT2D eigenvalue weighted by atomic mass is 16.6. The molecule has 10 heteroatoms. The summed E-state index contributed by atoms with van der Waals surface area (Å²) in [4.78, 5) is 50.2. The molecule has 10 nitrogen and oxygen atoms in total. The first kappa shape index (κ1) is 17.5. The Morgan fingerprint density at radius 2 is 1.96 bits per heavy atom. The average molecular weight is 381 g/mol. The Balaban J connectivity index is 1.78. The van der Waals surface area contributed by atoms with E-state index in [9.17, 15) is 24.5 Å². The first-order valence-corrected chi connectivity index (χ1v) is 8.50. The summed E-state index contributed by atoms with van der Waals surface area (Å²) in [5, 5.41) is 17.0. The van der Waals surface area contributed by atoms with E-state index in [-0.39, 0.29) is 41.3 Å². The molecule has 142 valence electrons. The number of carbonyl (C=O) groups is 1. The van der Waals surface area contributed by atoms with Crippen molar-refractivity contribution in [2.75, 3.05) is 17.2 Å². The number of nitro groups is 1. The van der Waals surface area contributed by atoms with Crippen molar-refractivity contribution in [3.05, 3.63) is 73.3 Å². The number of aromatic nitrogens is 2. The maximum Gasteiger partial charge on any atom is 0.317 e. The lowest BCUT2D eigenvalue weighted by atomic mass is 10.1. The first-order valence-electron chi connectivity index (χ1n) is 8.50. The van der Waals surface area contributed by atoms with Gasteiger partial charge in [-0.2, -0.15) is 0 Å². The van der Waals surface area contributed by atoms with Crippen LogP contribution < -0.4 is 21.8 Å². The molecule has 4 rings (SSSR count). The third-order valence-electron chi connectivity index (χ3n) is 4.61. The van der Waals surface area contributed by atoms with Crippen molar-refractivity contribution >= 4 is 34.0 Å². The summed E-state index contributed by atoms with van der Waals surface area (Å²) in [5.41, 5.74) is -0.657. The Morgan fingerprint density at radius 1 is 1.21 bits per heavy atom. The predicted molar refractivity (Wildman–Crippen MR) is 103 cm³/mol. The molecule has 1 aliphatic heterocycles. The molecule has 0 bridgehead atoms. The fraction of sp³-hybridized carbons (Fsp3) is 0.167. The number of hydrogen-bond acceptors (Lipinski definition) is 6. The zero-order chi connectivity index (χ0) is 19.8. The van der Waals surface area contributed by atoms with Crippen LogP contribution in [0, 0.1) is 10.1 Å². The number of nitrogens with zero attached hydrogens (tertiary/aromatic N) is 2. The minimum atomic E-state index is -0.853. The fourth-order valence-electron chi connectivity index (χ4n) is 3.42. The Kier molecular flexibility index (Phi) is 4.15. The van der Waals surface area contributed by atoms with E-state index in [0.29, 0.717) is 5.69 Å². The zero-order valence-electron chi connectivity index (χ0n) is 14.5. The van der Waals surface area contributed by atoms with Crippen molar-refractivity contribution in [2.24, 2.45) is 0 Å². The number of benzene rings is 2. The highest BCUT2D eigenvalue weighted by Crippen LogP contribution is 2.36. The maximum absolute atomic E-state index is 12.5. The molecule has 1 amide bonds. The van der Waals surface area contributed by atoms with Crippen LogP contribution in [0.1, 0.15) is 12.5 Å². The quantitative estimate of drug-likeness (QED) is 0.356. The van der Waals surface area contributed by atoms with Crippen LogP contribution in [-0.2, 0) is 4.79 Å². The van der Waals surface area contributed by atoms with Gasteiger partial charge in [0, 0.05) is 24.7 Å². The van der Waals surface area contributed by atoms with E-state index in [1.165, 1.54) is 16.7 Å². The standard InChI is InChI=1S/C18H15N5O5/c24-14(20-10-4-2-1-3-5-10)8-11-9-19-15-13(23(27)28)7-6-12-16(15)22(11)18(26)17(25)21-12/h1-7,11,19H,8-9H2,(H,20,24)(H,21,25). The molecule has 3 aromatic rings. The number of aromatic amines is 1. The third kappa shape index (κ3) is 2.90. The zero-order valence-corrected chi connectivity index (χ0v) is 14.5. The van der Waals surface area contributed by atoms with Gasteiger partial charge in [0.2, 0.25) is 5.91 Å². The van der Waals surface area contributed by atoms with Gasteiger partial charge in [-0.1, -0.05) is 18.2 Å². The summed E-state index contributed by atoms with van der Waals surface area (Å²) in [6.07, 6.45) is -0.0809. The molecule has 1 unspecified atom stereocenters. The van der Waals surface area contributed by atoms with Gasteiger partial charge in [0.1, 0.15) is 5.69 Å². The lowest BCUT2D eigenvalue weighted by Crippen LogP contribution is -2.43. The molecule has 0 saturated carbocycles. The van der Waals surface area contributed by atoms with Crippen molar-refractivity contribution in [3.8, 4) is 0 Å². The second-order valence-electron chi connectivity index (χ2n) is 6.40. The number of nitrogens with one attached hydrogen (secondary N) is 3. The summed E-state index contributed by atoms with van der Waals surface area (Å²) in [6, 6.07) is 10.8. The number of H-pyrrole nitrogens is 1. The average Bonchev–Trinajstić information content (AvgIpc) is 2.67. The Bertz CT molecular complexity index is 1210. The molecule has 1 atom stereocenters. The van der Waals surface area contributed by atoms with E-state index < -0.39 is 22.1 Å². The van der Waals surface area contributed by atoms with Crippen LogP contribution in [0.25, 0.3) is 11.0 Å². The number of carbonyl (C=O) groups excluding carboxylic acids is 1. The lowest BCUT2D eigenvalue weighted by molar-refractivity contribution is -0.383. The van der Waals surface area contributed by atoms with Crippen LogP contribution in [0.4, 0.5) is 17.1 Å². The molecule has 0 fully saturated rings. The molecule has 0 spiro atoms. The number of para-hydroxylation sites is 1. The minimum absolute atomic E-state index is 0.0809. The van der Waals surface area contributed by atoms with Gasteiger partial charge in [0.25, 0.3) is 5.69 Å². The van der Waals surface area contributed by atoms with E-state index in [1.807, 2.05) is 6.07 Å². The molecule has 28 heavy (non-hydrogen) atoms. The fourth-order valence-corrected chi connectivity index (χ4v) is 3.42. The van der Waals surface area contributed by atoms with Crippen molar-refractivity contribution in [1.82, 2.24) is 9.55 Å². The highest BCUT2D eigenvalue weighted by molar-refractivity contribution is 5.95. The molecule has 2 aromatic carbocycles. The van der Waals surface area contributed by atoms with Crippen LogP contribution in [0.2, 0.25) is 0 Å². The van der Waals surface area contributed by atoms with Crippen molar-refractivity contribution in [2.45, 2.75) is 12.5 Å². The van der Waals surface area contributed by atoms with E-state index in [0.717, 1.165) is 0 Å². The van der Waals surface area contributed by atoms with Gasteiger partial charge in [-0.05, 0) is 18.2 Å². The maximum atomic E-state index is 12.5. The number of amides is 1. The summed E-state index contributed by atoms with van der Waals surface area (Å²) in [7, 11) is 0. The molecule has 2 heterocycles. The van der Waals surface area contributed by atoms with Crippen molar-refractivity contribution in [3.63, 3.8) is 0 Å². The predicted octanol–water partition coefficient (Wildman–Crippen LogP) is 1.59. The second kappa shape index (κ2) is 6.65. The highest BCUT2D eigenvalue weighted by Gasteiger charge is 2.30. The monoisotopic (exact) mass is 381 g/mol. The lowest BCUT2D eigenvalue weighted by Gasteiger charge is -2.28. The Morgan fingerprint density at radius 3 is 2.68 bits per heavy atom. The van der Waals surface area contributed by atoms with Crippen LogP contribution in [0.15, 0.2) is 52.1 Å². The summed E-state index contributed by atoms with van der Waals surface area (Å²) < 4.78 is 1.18. The topological polar surface area (TPSA) is 139 Å². The van der Waals surface area contributed by atoms with Gasteiger partial charge < -0.3 is 15.6 Å². The van der Waals surface area contributed by atoms with Crippen LogP contribution >= 0.6 is 0 Å². The van der Waals surface area contributed by atoms with Crippen LogP contribution in [-0.4, -0.2) is 26.9 Å². The first-order chi connectivity index (χ1) is 13.5.